The van der Waals surface area contributed by atoms with Crippen LogP contribution in [-0.4, -0.2) is 9.97 Å². The Morgan fingerprint density at radius 1 is 1.00 bits per heavy atom. The first-order valence-electron chi connectivity index (χ1n) is 7.21. The molecule has 0 aliphatic rings. The third kappa shape index (κ3) is 3.85. The van der Waals surface area contributed by atoms with Crippen LogP contribution < -0.4 is 5.32 Å². The normalized spacial score (nSPS) is 12.0. The number of rotatable bonds is 4. The summed E-state index contributed by atoms with van der Waals surface area (Å²) < 4.78 is 13.0. The maximum Gasteiger partial charge on any atom is 0.126 e. The Hall–Kier alpha value is -2.46. The van der Waals surface area contributed by atoms with Gasteiger partial charge in [-0.05, 0) is 42.8 Å². The van der Waals surface area contributed by atoms with Crippen molar-refractivity contribution in [3.8, 4) is 11.1 Å². The molecule has 1 atom stereocenters. The zero-order valence-electron chi connectivity index (χ0n) is 12.5. The third-order valence-electron chi connectivity index (χ3n) is 3.54. The first-order valence-corrected chi connectivity index (χ1v) is 7.58. The lowest BCUT2D eigenvalue weighted by atomic mass is 10.1. The number of benzene rings is 1. The van der Waals surface area contributed by atoms with Gasteiger partial charge in [0.25, 0.3) is 0 Å². The van der Waals surface area contributed by atoms with Crippen molar-refractivity contribution in [3.63, 3.8) is 0 Å². The van der Waals surface area contributed by atoms with Crippen molar-refractivity contribution in [2.75, 3.05) is 5.32 Å². The number of hydrogen-bond donors (Lipinski definition) is 1. The molecule has 0 amide bonds. The number of pyridine rings is 2. The summed E-state index contributed by atoms with van der Waals surface area (Å²) in [5.41, 5.74) is 2.86. The quantitative estimate of drug-likeness (QED) is 0.723. The van der Waals surface area contributed by atoms with Crippen molar-refractivity contribution < 1.29 is 4.39 Å². The number of aromatic nitrogens is 2. The summed E-state index contributed by atoms with van der Waals surface area (Å²) in [6.07, 6.45) is 5.11. The van der Waals surface area contributed by atoms with Gasteiger partial charge in [0.15, 0.2) is 0 Å². The van der Waals surface area contributed by atoms with Crippen molar-refractivity contribution in [2.24, 2.45) is 0 Å². The molecule has 0 unspecified atom stereocenters. The van der Waals surface area contributed by atoms with E-state index < -0.39 is 0 Å². The maximum absolute atomic E-state index is 13.0. The summed E-state index contributed by atoms with van der Waals surface area (Å²) in [5.74, 6) is 0.513. The molecule has 0 aliphatic carbocycles. The fourth-order valence-electron chi connectivity index (χ4n) is 2.28. The summed E-state index contributed by atoms with van der Waals surface area (Å²) in [4.78, 5) is 8.48. The first-order chi connectivity index (χ1) is 11.1. The standard InChI is InChI=1S/C18H15ClFN3/c1-12(13-2-5-17(20)6-3-13)23-18-7-4-14(10-22-18)15-8-16(19)11-21-9-15/h2-12H,1H3,(H,22,23)/t12-/m1/s1. The Kier molecular flexibility index (Phi) is 4.53. The topological polar surface area (TPSA) is 37.8 Å². The highest BCUT2D eigenvalue weighted by Crippen LogP contribution is 2.23. The van der Waals surface area contributed by atoms with E-state index in [1.807, 2.05) is 25.1 Å². The SMILES string of the molecule is C[C@@H](Nc1ccc(-c2cncc(Cl)c2)cn1)c1ccc(F)cc1. The lowest BCUT2D eigenvalue weighted by Gasteiger charge is -2.15. The summed E-state index contributed by atoms with van der Waals surface area (Å²) in [6.45, 7) is 2.00. The molecule has 1 N–H and O–H groups in total. The van der Waals surface area contributed by atoms with E-state index in [0.29, 0.717) is 5.02 Å². The fraction of sp³-hybridized carbons (Fsp3) is 0.111. The van der Waals surface area contributed by atoms with Crippen molar-refractivity contribution in [2.45, 2.75) is 13.0 Å². The second-order valence-corrected chi connectivity index (χ2v) is 5.68. The minimum Gasteiger partial charge on any atom is -0.364 e. The van der Waals surface area contributed by atoms with Crippen LogP contribution in [0, 0.1) is 5.82 Å². The number of hydrogen-bond acceptors (Lipinski definition) is 3. The van der Waals surface area contributed by atoms with Crippen molar-refractivity contribution >= 4 is 17.4 Å². The first kappa shape index (κ1) is 15.4. The van der Waals surface area contributed by atoms with Gasteiger partial charge in [-0.2, -0.15) is 0 Å². The van der Waals surface area contributed by atoms with Gasteiger partial charge in [-0.3, -0.25) is 4.98 Å². The highest BCUT2D eigenvalue weighted by atomic mass is 35.5. The van der Waals surface area contributed by atoms with E-state index in [9.17, 15) is 4.39 Å². The lowest BCUT2D eigenvalue weighted by Crippen LogP contribution is -2.07. The molecule has 2 heterocycles. The van der Waals surface area contributed by atoms with Gasteiger partial charge in [0, 0.05) is 35.8 Å². The van der Waals surface area contributed by atoms with E-state index in [1.165, 1.54) is 12.1 Å². The molecule has 3 rings (SSSR count). The van der Waals surface area contributed by atoms with Crippen molar-refractivity contribution in [3.05, 3.63) is 77.5 Å². The predicted octanol–water partition coefficient (Wildman–Crippen LogP) is 5.11. The van der Waals surface area contributed by atoms with Gasteiger partial charge in [-0.25, -0.2) is 9.37 Å². The van der Waals surface area contributed by atoms with E-state index >= 15 is 0 Å². The molecule has 0 radical (unpaired) electrons. The molecular weight excluding hydrogens is 313 g/mol. The molecule has 3 aromatic rings. The minimum absolute atomic E-state index is 0.0294. The third-order valence-corrected chi connectivity index (χ3v) is 3.74. The van der Waals surface area contributed by atoms with Gasteiger partial charge in [-0.15, -0.1) is 0 Å². The molecular formula is C18H15ClFN3. The smallest absolute Gasteiger partial charge is 0.126 e. The minimum atomic E-state index is -0.237. The number of anilines is 1. The maximum atomic E-state index is 13.0. The molecule has 23 heavy (non-hydrogen) atoms. The molecule has 0 bridgehead atoms. The van der Waals surface area contributed by atoms with E-state index in [4.69, 9.17) is 11.6 Å². The average Bonchev–Trinajstić information content (AvgIpc) is 2.56. The number of nitrogens with zero attached hydrogens (tertiary/aromatic N) is 2. The van der Waals surface area contributed by atoms with E-state index in [-0.39, 0.29) is 11.9 Å². The highest BCUT2D eigenvalue weighted by molar-refractivity contribution is 6.30. The van der Waals surface area contributed by atoms with Gasteiger partial charge in [0.05, 0.1) is 5.02 Å². The molecule has 0 saturated heterocycles. The van der Waals surface area contributed by atoms with Gasteiger partial charge in [-0.1, -0.05) is 23.7 Å². The van der Waals surface area contributed by atoms with Gasteiger partial charge in [0.1, 0.15) is 11.6 Å². The molecule has 2 aromatic heterocycles. The van der Waals surface area contributed by atoms with Crippen LogP contribution in [0.2, 0.25) is 5.02 Å². The Morgan fingerprint density at radius 2 is 1.78 bits per heavy atom. The van der Waals surface area contributed by atoms with Crippen LogP contribution >= 0.6 is 11.6 Å². The van der Waals surface area contributed by atoms with Crippen molar-refractivity contribution in [1.29, 1.82) is 0 Å². The average molecular weight is 328 g/mol. The van der Waals surface area contributed by atoms with E-state index in [2.05, 4.69) is 15.3 Å². The van der Waals surface area contributed by atoms with E-state index in [0.717, 1.165) is 22.5 Å². The molecule has 0 aliphatic heterocycles. The van der Waals surface area contributed by atoms with Crippen LogP contribution in [0.5, 0.6) is 0 Å². The molecule has 116 valence electrons. The Bertz CT molecular complexity index is 788. The lowest BCUT2D eigenvalue weighted by molar-refractivity contribution is 0.626. The van der Waals surface area contributed by atoms with Gasteiger partial charge in [0.2, 0.25) is 0 Å². The van der Waals surface area contributed by atoms with Crippen LogP contribution in [0.4, 0.5) is 10.2 Å². The summed E-state index contributed by atoms with van der Waals surface area (Å²) in [6, 6.07) is 12.2. The second kappa shape index (κ2) is 6.75. The van der Waals surface area contributed by atoms with Gasteiger partial charge < -0.3 is 5.32 Å². The second-order valence-electron chi connectivity index (χ2n) is 5.24. The predicted molar refractivity (Wildman–Crippen MR) is 90.9 cm³/mol. The van der Waals surface area contributed by atoms with Crippen LogP contribution in [0.25, 0.3) is 11.1 Å². The molecule has 5 heteroatoms. The zero-order chi connectivity index (χ0) is 16.2. The molecule has 0 saturated carbocycles. The van der Waals surface area contributed by atoms with Gasteiger partial charge >= 0.3 is 0 Å². The molecule has 1 aromatic carbocycles. The Balaban J connectivity index is 1.73. The fourth-order valence-corrected chi connectivity index (χ4v) is 2.45. The number of nitrogens with one attached hydrogen (secondary N) is 1. The summed E-state index contributed by atoms with van der Waals surface area (Å²) in [5, 5.41) is 3.88. The Labute approximate surface area is 139 Å². The monoisotopic (exact) mass is 327 g/mol. The zero-order valence-corrected chi connectivity index (χ0v) is 13.3. The molecule has 0 spiro atoms. The van der Waals surface area contributed by atoms with Crippen LogP contribution in [0.1, 0.15) is 18.5 Å². The largest absolute Gasteiger partial charge is 0.364 e. The number of halogens is 2. The highest BCUT2D eigenvalue weighted by Gasteiger charge is 2.07. The molecule has 0 fully saturated rings. The van der Waals surface area contributed by atoms with E-state index in [1.54, 1.807) is 30.7 Å². The summed E-state index contributed by atoms with van der Waals surface area (Å²) in [7, 11) is 0. The van der Waals surface area contributed by atoms with Crippen LogP contribution in [0.3, 0.4) is 0 Å². The van der Waals surface area contributed by atoms with Crippen molar-refractivity contribution in [1.82, 2.24) is 9.97 Å². The molecule has 3 nitrogen and oxygen atoms in total. The van der Waals surface area contributed by atoms with Crippen LogP contribution in [-0.2, 0) is 0 Å². The summed E-state index contributed by atoms with van der Waals surface area (Å²) >= 11 is 5.95. The Morgan fingerprint density at radius 3 is 2.43 bits per heavy atom. The van der Waals surface area contributed by atoms with Crippen LogP contribution in [0.15, 0.2) is 61.1 Å².